The molecular formula is C13H12BrN3O3. The quantitative estimate of drug-likeness (QED) is 0.903. The Labute approximate surface area is 124 Å². The second-order valence-corrected chi connectivity index (χ2v) is 4.85. The van der Waals surface area contributed by atoms with Crippen LogP contribution in [0.25, 0.3) is 0 Å². The topological polar surface area (TPSA) is 75.6 Å². The molecule has 0 amide bonds. The van der Waals surface area contributed by atoms with Gasteiger partial charge in [-0.05, 0) is 28.1 Å². The first-order valence-corrected chi connectivity index (χ1v) is 6.53. The van der Waals surface area contributed by atoms with Gasteiger partial charge < -0.3 is 14.7 Å². The summed E-state index contributed by atoms with van der Waals surface area (Å²) in [6, 6.07) is 7.39. The number of rotatable bonds is 5. The Hall–Kier alpha value is -2.15. The van der Waals surface area contributed by atoms with Crippen LogP contribution in [0.1, 0.15) is 0 Å². The van der Waals surface area contributed by atoms with Gasteiger partial charge in [-0.3, -0.25) is 4.79 Å². The smallest absolute Gasteiger partial charge is 0.323 e. The number of benzene rings is 1. The molecule has 1 heterocycles. The maximum Gasteiger partial charge on any atom is 0.323 e. The van der Waals surface area contributed by atoms with Crippen LogP contribution >= 0.6 is 15.9 Å². The lowest BCUT2D eigenvalue weighted by molar-refractivity contribution is -0.135. The molecule has 1 aromatic heterocycles. The molecule has 0 aliphatic rings. The number of halogens is 1. The highest BCUT2D eigenvalue weighted by molar-refractivity contribution is 9.10. The normalized spacial score (nSPS) is 10.1. The summed E-state index contributed by atoms with van der Waals surface area (Å²) in [6.45, 7) is -0.140. The molecule has 0 saturated carbocycles. The van der Waals surface area contributed by atoms with Gasteiger partial charge in [-0.1, -0.05) is 12.1 Å². The Balaban J connectivity index is 2.09. The van der Waals surface area contributed by atoms with Gasteiger partial charge in [0.15, 0.2) is 0 Å². The zero-order chi connectivity index (χ0) is 14.5. The molecule has 2 aromatic rings. The number of likely N-dealkylation sites (N-methyl/N-ethyl adjacent to an activating group) is 1. The van der Waals surface area contributed by atoms with Crippen molar-refractivity contribution in [1.82, 2.24) is 9.97 Å². The third-order valence-electron chi connectivity index (χ3n) is 2.43. The number of aliphatic carboxylic acids is 1. The van der Waals surface area contributed by atoms with E-state index in [9.17, 15) is 4.79 Å². The number of nitrogens with zero attached hydrogens (tertiary/aromatic N) is 3. The first-order chi connectivity index (χ1) is 9.56. The Morgan fingerprint density at radius 1 is 1.35 bits per heavy atom. The molecule has 6 nitrogen and oxygen atoms in total. The fraction of sp³-hybridized carbons (Fsp3) is 0.154. The van der Waals surface area contributed by atoms with Crippen molar-refractivity contribution in [3.63, 3.8) is 0 Å². The summed E-state index contributed by atoms with van der Waals surface area (Å²) in [5.41, 5.74) is 0. The number of ether oxygens (including phenoxy) is 1. The van der Waals surface area contributed by atoms with Crippen molar-refractivity contribution in [1.29, 1.82) is 0 Å². The number of hydrogen-bond acceptors (Lipinski definition) is 5. The molecule has 0 fully saturated rings. The van der Waals surface area contributed by atoms with Crippen LogP contribution in [0.4, 0.5) is 5.82 Å². The van der Waals surface area contributed by atoms with Crippen LogP contribution in [0.3, 0.4) is 0 Å². The minimum Gasteiger partial charge on any atom is -0.480 e. The van der Waals surface area contributed by atoms with Gasteiger partial charge in [0.2, 0.25) is 5.88 Å². The number of carbonyl (C=O) groups is 1. The van der Waals surface area contributed by atoms with Gasteiger partial charge in [-0.25, -0.2) is 9.97 Å². The lowest BCUT2D eigenvalue weighted by Gasteiger charge is -2.15. The molecule has 20 heavy (non-hydrogen) atoms. The number of aromatic nitrogens is 2. The standard InChI is InChI=1S/C13H12BrN3O3/c1-17(8-13(18)19)11-6-16-12(7-15-11)20-10-5-3-2-4-9(10)14/h2-7H,8H2,1H3,(H,18,19). The molecule has 0 aliphatic heterocycles. The second kappa shape index (κ2) is 6.33. The SMILES string of the molecule is CN(CC(=O)O)c1cnc(Oc2ccccc2Br)cn1. The molecular weight excluding hydrogens is 326 g/mol. The van der Waals surface area contributed by atoms with Gasteiger partial charge in [-0.2, -0.15) is 0 Å². The molecule has 7 heteroatoms. The predicted octanol–water partition coefficient (Wildman–Crippen LogP) is 2.55. The summed E-state index contributed by atoms with van der Waals surface area (Å²) in [6.07, 6.45) is 2.92. The minimum atomic E-state index is -0.928. The molecule has 104 valence electrons. The molecule has 0 aliphatic carbocycles. The summed E-state index contributed by atoms with van der Waals surface area (Å²) in [5, 5.41) is 8.71. The summed E-state index contributed by atoms with van der Waals surface area (Å²) < 4.78 is 6.38. The highest BCUT2D eigenvalue weighted by Gasteiger charge is 2.08. The molecule has 1 N–H and O–H groups in total. The van der Waals surface area contributed by atoms with E-state index in [2.05, 4.69) is 25.9 Å². The first-order valence-electron chi connectivity index (χ1n) is 5.73. The van der Waals surface area contributed by atoms with Crippen molar-refractivity contribution in [3.05, 3.63) is 41.1 Å². The average molecular weight is 338 g/mol. The van der Waals surface area contributed by atoms with Crippen molar-refractivity contribution < 1.29 is 14.6 Å². The third-order valence-corrected chi connectivity index (χ3v) is 3.08. The second-order valence-electron chi connectivity index (χ2n) is 4.00. The van der Waals surface area contributed by atoms with E-state index in [0.29, 0.717) is 17.4 Å². The summed E-state index contributed by atoms with van der Waals surface area (Å²) in [5.74, 6) is 0.507. The van der Waals surface area contributed by atoms with Gasteiger partial charge in [0.25, 0.3) is 0 Å². The maximum absolute atomic E-state index is 10.6. The molecule has 0 unspecified atom stereocenters. The zero-order valence-electron chi connectivity index (χ0n) is 10.7. The number of hydrogen-bond donors (Lipinski definition) is 1. The molecule has 0 radical (unpaired) electrons. The van der Waals surface area contributed by atoms with Crippen molar-refractivity contribution in [2.75, 3.05) is 18.5 Å². The number of para-hydroxylation sites is 1. The summed E-state index contributed by atoms with van der Waals surface area (Å²) in [4.78, 5) is 20.3. The zero-order valence-corrected chi connectivity index (χ0v) is 12.2. The van der Waals surface area contributed by atoms with Crippen LogP contribution in [0.5, 0.6) is 11.6 Å². The van der Waals surface area contributed by atoms with E-state index in [1.165, 1.54) is 17.3 Å². The molecule has 0 saturated heterocycles. The van der Waals surface area contributed by atoms with Crippen molar-refractivity contribution >= 4 is 27.7 Å². The molecule has 1 aromatic carbocycles. The van der Waals surface area contributed by atoms with E-state index >= 15 is 0 Å². The first kappa shape index (κ1) is 14.3. The van der Waals surface area contributed by atoms with Crippen LogP contribution in [0.15, 0.2) is 41.1 Å². The third kappa shape index (κ3) is 3.67. The Bertz CT molecular complexity index is 604. The maximum atomic E-state index is 10.6. The largest absolute Gasteiger partial charge is 0.480 e. The Morgan fingerprint density at radius 2 is 2.10 bits per heavy atom. The Morgan fingerprint density at radius 3 is 2.70 bits per heavy atom. The average Bonchev–Trinajstić information content (AvgIpc) is 2.41. The summed E-state index contributed by atoms with van der Waals surface area (Å²) in [7, 11) is 1.63. The van der Waals surface area contributed by atoms with Crippen LogP contribution in [-0.2, 0) is 4.79 Å². The van der Waals surface area contributed by atoms with Crippen molar-refractivity contribution in [2.24, 2.45) is 0 Å². The van der Waals surface area contributed by atoms with Crippen molar-refractivity contribution in [3.8, 4) is 11.6 Å². The van der Waals surface area contributed by atoms with Crippen LogP contribution in [0.2, 0.25) is 0 Å². The van der Waals surface area contributed by atoms with Gasteiger partial charge in [0, 0.05) is 7.05 Å². The van der Waals surface area contributed by atoms with Crippen LogP contribution < -0.4 is 9.64 Å². The van der Waals surface area contributed by atoms with Crippen LogP contribution in [-0.4, -0.2) is 34.6 Å². The van der Waals surface area contributed by atoms with Crippen molar-refractivity contribution in [2.45, 2.75) is 0 Å². The Kier molecular flexibility index (Phi) is 4.52. The molecule has 0 atom stereocenters. The minimum absolute atomic E-state index is 0.140. The number of carboxylic acids is 1. The monoisotopic (exact) mass is 337 g/mol. The highest BCUT2D eigenvalue weighted by Crippen LogP contribution is 2.28. The molecule has 0 spiro atoms. The van der Waals surface area contributed by atoms with Gasteiger partial charge in [-0.15, -0.1) is 0 Å². The predicted molar refractivity (Wildman–Crippen MR) is 77.2 cm³/mol. The van der Waals surface area contributed by atoms with E-state index in [1.54, 1.807) is 13.1 Å². The van der Waals surface area contributed by atoms with E-state index in [0.717, 1.165) is 4.47 Å². The highest BCUT2D eigenvalue weighted by atomic mass is 79.9. The van der Waals surface area contributed by atoms with E-state index < -0.39 is 5.97 Å². The fourth-order valence-electron chi connectivity index (χ4n) is 1.48. The van der Waals surface area contributed by atoms with E-state index in [-0.39, 0.29) is 6.54 Å². The van der Waals surface area contributed by atoms with Gasteiger partial charge in [0.1, 0.15) is 18.1 Å². The lowest BCUT2D eigenvalue weighted by atomic mass is 10.3. The molecule has 0 bridgehead atoms. The van der Waals surface area contributed by atoms with E-state index in [1.807, 2.05) is 18.2 Å². The van der Waals surface area contributed by atoms with Gasteiger partial charge in [0.05, 0.1) is 16.9 Å². The van der Waals surface area contributed by atoms with E-state index in [4.69, 9.17) is 9.84 Å². The summed E-state index contributed by atoms with van der Waals surface area (Å²) >= 11 is 3.37. The lowest BCUT2D eigenvalue weighted by Crippen LogP contribution is -2.25. The molecule has 2 rings (SSSR count). The fourth-order valence-corrected chi connectivity index (χ4v) is 1.85. The number of carboxylic acid groups (broad SMARTS) is 1. The van der Waals surface area contributed by atoms with Crippen LogP contribution in [0, 0.1) is 0 Å². The number of anilines is 1. The van der Waals surface area contributed by atoms with Gasteiger partial charge >= 0.3 is 5.97 Å².